The number of aliphatic hydroxyl groups is 1. The Morgan fingerprint density at radius 3 is 2.55 bits per heavy atom. The molecular formula is C16H22ClNO2. The van der Waals surface area contributed by atoms with Gasteiger partial charge < -0.3 is 5.11 Å². The maximum Gasteiger partial charge on any atom is 0.144 e. The van der Waals surface area contributed by atoms with Crippen LogP contribution in [0.25, 0.3) is 0 Å². The Bertz CT molecular complexity index is 458. The Kier molecular flexibility index (Phi) is 5.19. The Morgan fingerprint density at radius 1 is 1.40 bits per heavy atom. The van der Waals surface area contributed by atoms with Gasteiger partial charge in [-0.15, -0.1) is 0 Å². The number of benzene rings is 1. The number of halogens is 1. The van der Waals surface area contributed by atoms with Crippen molar-refractivity contribution in [1.82, 2.24) is 4.90 Å². The quantitative estimate of drug-likeness (QED) is 0.908. The fourth-order valence-electron chi connectivity index (χ4n) is 2.69. The highest BCUT2D eigenvalue weighted by Gasteiger charge is 2.28. The molecule has 0 aromatic heterocycles. The van der Waals surface area contributed by atoms with E-state index in [1.165, 1.54) is 0 Å². The summed E-state index contributed by atoms with van der Waals surface area (Å²) in [6.45, 7) is 6.07. The van der Waals surface area contributed by atoms with Gasteiger partial charge in [0.1, 0.15) is 5.78 Å². The third kappa shape index (κ3) is 3.81. The molecule has 2 rings (SSSR count). The number of ketones is 1. The molecule has 1 aliphatic rings. The van der Waals surface area contributed by atoms with Crippen molar-refractivity contribution in [2.24, 2.45) is 5.92 Å². The molecule has 4 heteroatoms. The topological polar surface area (TPSA) is 40.5 Å². The third-order valence-corrected chi connectivity index (χ3v) is 4.13. The van der Waals surface area contributed by atoms with Crippen LogP contribution in [0.2, 0.25) is 5.02 Å². The summed E-state index contributed by atoms with van der Waals surface area (Å²) in [5.74, 6) is 0.106. The van der Waals surface area contributed by atoms with Crippen molar-refractivity contribution >= 4 is 17.4 Å². The molecule has 0 radical (unpaired) electrons. The summed E-state index contributed by atoms with van der Waals surface area (Å²) < 4.78 is 0. The smallest absolute Gasteiger partial charge is 0.144 e. The third-order valence-electron chi connectivity index (χ3n) is 3.87. The Labute approximate surface area is 125 Å². The number of nitrogens with zero attached hydrogens (tertiary/aromatic N) is 1. The van der Waals surface area contributed by atoms with Gasteiger partial charge in [-0.2, -0.15) is 0 Å². The first-order chi connectivity index (χ1) is 9.47. The van der Waals surface area contributed by atoms with Crippen molar-refractivity contribution in [1.29, 1.82) is 0 Å². The van der Waals surface area contributed by atoms with Crippen LogP contribution in [0.3, 0.4) is 0 Å². The van der Waals surface area contributed by atoms with Gasteiger partial charge in [0, 0.05) is 30.6 Å². The molecule has 1 aliphatic heterocycles. The van der Waals surface area contributed by atoms with E-state index in [2.05, 4.69) is 4.90 Å². The zero-order chi connectivity index (χ0) is 14.7. The highest BCUT2D eigenvalue weighted by molar-refractivity contribution is 6.30. The van der Waals surface area contributed by atoms with Gasteiger partial charge in [0.25, 0.3) is 0 Å². The normalized spacial score (nSPS) is 21.4. The molecule has 0 spiro atoms. The maximum absolute atomic E-state index is 12.5. The van der Waals surface area contributed by atoms with E-state index in [1.807, 2.05) is 38.1 Å². The Hall–Kier alpha value is -0.900. The molecule has 2 atom stereocenters. The number of hydrogen-bond donors (Lipinski definition) is 1. The first-order valence-corrected chi connectivity index (χ1v) is 7.54. The number of carbonyl (C=O) groups is 1. The fraction of sp³-hybridized carbons (Fsp3) is 0.562. The molecule has 0 amide bonds. The van der Waals surface area contributed by atoms with Crippen molar-refractivity contribution in [3.63, 3.8) is 0 Å². The summed E-state index contributed by atoms with van der Waals surface area (Å²) in [6, 6.07) is 7.52. The van der Waals surface area contributed by atoms with Gasteiger partial charge in [0.2, 0.25) is 0 Å². The number of rotatable bonds is 5. The van der Waals surface area contributed by atoms with E-state index in [1.54, 1.807) is 0 Å². The lowest BCUT2D eigenvalue weighted by Crippen LogP contribution is -2.32. The van der Waals surface area contributed by atoms with Crippen molar-refractivity contribution in [2.75, 3.05) is 19.6 Å². The molecule has 0 aliphatic carbocycles. The van der Waals surface area contributed by atoms with Crippen LogP contribution in [0.4, 0.5) is 0 Å². The molecule has 20 heavy (non-hydrogen) atoms. The van der Waals surface area contributed by atoms with Crippen molar-refractivity contribution in [2.45, 2.75) is 32.3 Å². The van der Waals surface area contributed by atoms with E-state index in [4.69, 9.17) is 11.6 Å². The largest absolute Gasteiger partial charge is 0.392 e. The van der Waals surface area contributed by atoms with Gasteiger partial charge in [-0.25, -0.2) is 0 Å². The molecule has 1 aromatic rings. The maximum atomic E-state index is 12.5. The van der Waals surface area contributed by atoms with E-state index in [0.29, 0.717) is 18.1 Å². The van der Waals surface area contributed by atoms with Crippen molar-refractivity contribution < 1.29 is 9.90 Å². The second-order valence-corrected chi connectivity index (χ2v) is 6.30. The number of likely N-dealkylation sites (tertiary alicyclic amines) is 1. The zero-order valence-corrected chi connectivity index (χ0v) is 12.8. The van der Waals surface area contributed by atoms with E-state index < -0.39 is 0 Å². The highest BCUT2D eigenvalue weighted by Crippen LogP contribution is 2.25. The minimum atomic E-state index is -0.255. The van der Waals surface area contributed by atoms with E-state index in [-0.39, 0.29) is 23.7 Å². The SMILES string of the molecule is CC(C)C(=O)C(CN1CC[C@H](O)C1)c1ccc(Cl)cc1. The van der Waals surface area contributed by atoms with Crippen LogP contribution in [0.15, 0.2) is 24.3 Å². The molecule has 110 valence electrons. The number of carbonyl (C=O) groups excluding carboxylic acids is 1. The average Bonchev–Trinajstić information content (AvgIpc) is 2.82. The summed E-state index contributed by atoms with van der Waals surface area (Å²) in [6.07, 6.45) is 0.540. The van der Waals surface area contributed by atoms with Crippen LogP contribution in [-0.4, -0.2) is 41.5 Å². The van der Waals surface area contributed by atoms with Crippen LogP contribution < -0.4 is 0 Å². The van der Waals surface area contributed by atoms with E-state index in [0.717, 1.165) is 18.5 Å². The van der Waals surface area contributed by atoms with Gasteiger partial charge in [-0.05, 0) is 24.1 Å². The second-order valence-electron chi connectivity index (χ2n) is 5.86. The van der Waals surface area contributed by atoms with Gasteiger partial charge in [0.05, 0.1) is 12.0 Å². The molecule has 1 saturated heterocycles. The molecule has 3 nitrogen and oxygen atoms in total. The molecule has 1 heterocycles. The standard InChI is InChI=1S/C16H22ClNO2/c1-11(2)16(20)15(10-18-8-7-14(19)9-18)12-3-5-13(17)6-4-12/h3-6,11,14-15,19H,7-10H2,1-2H3/t14-,15?/m0/s1. The molecule has 0 bridgehead atoms. The van der Waals surface area contributed by atoms with Gasteiger partial charge in [0.15, 0.2) is 0 Å². The molecule has 1 N–H and O–H groups in total. The number of aliphatic hydroxyl groups excluding tert-OH is 1. The van der Waals surface area contributed by atoms with Crippen LogP contribution >= 0.6 is 11.6 Å². The van der Waals surface area contributed by atoms with Crippen LogP contribution in [0.5, 0.6) is 0 Å². The average molecular weight is 296 g/mol. The second kappa shape index (κ2) is 6.70. The summed E-state index contributed by atoms with van der Waals surface area (Å²) >= 11 is 5.92. The van der Waals surface area contributed by atoms with Gasteiger partial charge >= 0.3 is 0 Å². The number of β-amino-alcohol motifs (C(OH)–C–C–N with tert-alkyl or cyclic N) is 1. The first-order valence-electron chi connectivity index (χ1n) is 7.17. The molecule has 1 fully saturated rings. The van der Waals surface area contributed by atoms with Crippen LogP contribution in [0.1, 0.15) is 31.7 Å². The predicted octanol–water partition coefficient (Wildman–Crippen LogP) is 2.72. The molecule has 1 aromatic carbocycles. The summed E-state index contributed by atoms with van der Waals surface area (Å²) in [7, 11) is 0. The first kappa shape index (κ1) is 15.5. The highest BCUT2D eigenvalue weighted by atomic mass is 35.5. The Balaban J connectivity index is 2.16. The lowest BCUT2D eigenvalue weighted by molar-refractivity contribution is -0.123. The molecule has 1 unspecified atom stereocenters. The van der Waals surface area contributed by atoms with Crippen LogP contribution in [0, 0.1) is 5.92 Å². The molecular weight excluding hydrogens is 274 g/mol. The lowest BCUT2D eigenvalue weighted by atomic mass is 9.88. The van der Waals surface area contributed by atoms with E-state index >= 15 is 0 Å². The van der Waals surface area contributed by atoms with Crippen molar-refractivity contribution in [3.05, 3.63) is 34.9 Å². The van der Waals surface area contributed by atoms with Crippen LogP contribution in [-0.2, 0) is 4.79 Å². The van der Waals surface area contributed by atoms with E-state index in [9.17, 15) is 9.90 Å². The summed E-state index contributed by atoms with van der Waals surface area (Å²) in [5.41, 5.74) is 1.01. The molecule has 0 saturated carbocycles. The summed E-state index contributed by atoms with van der Waals surface area (Å²) in [4.78, 5) is 14.6. The van der Waals surface area contributed by atoms with Gasteiger partial charge in [-0.1, -0.05) is 37.6 Å². The monoisotopic (exact) mass is 295 g/mol. The minimum Gasteiger partial charge on any atom is -0.392 e. The Morgan fingerprint density at radius 2 is 2.05 bits per heavy atom. The number of hydrogen-bond acceptors (Lipinski definition) is 3. The fourth-order valence-corrected chi connectivity index (χ4v) is 2.82. The summed E-state index contributed by atoms with van der Waals surface area (Å²) in [5, 5.41) is 10.3. The minimum absolute atomic E-state index is 0.00297. The zero-order valence-electron chi connectivity index (χ0n) is 12.1. The number of Topliss-reactive ketones (excluding diaryl/α,β-unsaturated/α-hetero) is 1. The predicted molar refractivity (Wildman–Crippen MR) is 81.1 cm³/mol. The van der Waals surface area contributed by atoms with Crippen molar-refractivity contribution in [3.8, 4) is 0 Å². The lowest BCUT2D eigenvalue weighted by Gasteiger charge is -2.24. The van der Waals surface area contributed by atoms with Gasteiger partial charge in [-0.3, -0.25) is 9.69 Å².